The number of carbonyl (C=O) groups excluding carboxylic acids is 2. The summed E-state index contributed by atoms with van der Waals surface area (Å²) >= 11 is 0. The normalized spacial score (nSPS) is 18.6. The summed E-state index contributed by atoms with van der Waals surface area (Å²) in [5, 5.41) is 0. The van der Waals surface area contributed by atoms with E-state index in [2.05, 4.69) is 0 Å². The van der Waals surface area contributed by atoms with Crippen molar-refractivity contribution in [3.63, 3.8) is 0 Å². The SMILES string of the molecule is Cc1ccc(N2CCN(C)C(=O)C2(C)C)c(C=O)c1. The molecule has 1 saturated heterocycles. The molecule has 4 nitrogen and oxygen atoms in total. The van der Waals surface area contributed by atoms with Crippen LogP contribution in [0.15, 0.2) is 18.2 Å². The molecule has 1 heterocycles. The highest BCUT2D eigenvalue weighted by Gasteiger charge is 2.41. The zero-order chi connectivity index (χ0) is 14.2. The topological polar surface area (TPSA) is 40.6 Å². The number of amides is 1. The standard InChI is InChI=1S/C15H20N2O2/c1-11-5-6-13(12(9-11)10-18)17-8-7-16(4)14(19)15(17,2)3/h5-6,9-10H,7-8H2,1-4H3. The summed E-state index contributed by atoms with van der Waals surface area (Å²) in [4.78, 5) is 27.3. The molecular formula is C15H20N2O2. The second kappa shape index (κ2) is 4.68. The molecule has 0 radical (unpaired) electrons. The summed E-state index contributed by atoms with van der Waals surface area (Å²) in [5.41, 5.74) is 1.90. The summed E-state index contributed by atoms with van der Waals surface area (Å²) in [6.07, 6.45) is 0.862. The van der Waals surface area contributed by atoms with Crippen molar-refractivity contribution in [2.24, 2.45) is 0 Å². The van der Waals surface area contributed by atoms with Crippen molar-refractivity contribution in [1.29, 1.82) is 0 Å². The van der Waals surface area contributed by atoms with Gasteiger partial charge in [0.25, 0.3) is 0 Å². The number of rotatable bonds is 2. The molecule has 1 aliphatic heterocycles. The van der Waals surface area contributed by atoms with Gasteiger partial charge < -0.3 is 9.80 Å². The number of hydrogen-bond acceptors (Lipinski definition) is 3. The Hall–Kier alpha value is -1.84. The van der Waals surface area contributed by atoms with Crippen LogP contribution in [0.25, 0.3) is 0 Å². The van der Waals surface area contributed by atoms with Crippen LogP contribution in [-0.4, -0.2) is 42.8 Å². The number of carbonyl (C=O) groups is 2. The molecule has 0 aromatic heterocycles. The second-order valence-electron chi connectivity index (χ2n) is 5.62. The first-order valence-corrected chi connectivity index (χ1v) is 6.47. The maximum atomic E-state index is 12.3. The minimum atomic E-state index is -0.625. The van der Waals surface area contributed by atoms with Gasteiger partial charge in [-0.25, -0.2) is 0 Å². The maximum Gasteiger partial charge on any atom is 0.247 e. The maximum absolute atomic E-state index is 12.3. The average molecular weight is 260 g/mol. The van der Waals surface area contributed by atoms with Crippen molar-refractivity contribution < 1.29 is 9.59 Å². The highest BCUT2D eigenvalue weighted by molar-refractivity contribution is 5.93. The molecule has 0 saturated carbocycles. The molecule has 0 atom stereocenters. The molecule has 0 bridgehead atoms. The fourth-order valence-electron chi connectivity index (χ4n) is 2.65. The summed E-state index contributed by atoms with van der Waals surface area (Å²) < 4.78 is 0. The van der Waals surface area contributed by atoms with E-state index in [9.17, 15) is 9.59 Å². The van der Waals surface area contributed by atoms with E-state index in [1.165, 1.54) is 0 Å². The highest BCUT2D eigenvalue weighted by Crippen LogP contribution is 2.31. The van der Waals surface area contributed by atoms with Gasteiger partial charge in [0.05, 0.1) is 0 Å². The van der Waals surface area contributed by atoms with Gasteiger partial charge in [-0.15, -0.1) is 0 Å². The van der Waals surface area contributed by atoms with Gasteiger partial charge in [0, 0.05) is 31.4 Å². The van der Waals surface area contributed by atoms with Gasteiger partial charge in [0.2, 0.25) is 5.91 Å². The minimum Gasteiger partial charge on any atom is -0.355 e. The van der Waals surface area contributed by atoms with Crippen LogP contribution >= 0.6 is 0 Å². The number of nitrogens with zero attached hydrogens (tertiary/aromatic N) is 2. The largest absolute Gasteiger partial charge is 0.355 e. The van der Waals surface area contributed by atoms with Gasteiger partial charge in [-0.05, 0) is 32.9 Å². The Morgan fingerprint density at radius 3 is 2.58 bits per heavy atom. The van der Waals surface area contributed by atoms with Crippen molar-refractivity contribution in [1.82, 2.24) is 4.90 Å². The Kier molecular flexibility index (Phi) is 3.35. The molecular weight excluding hydrogens is 240 g/mol. The molecule has 4 heteroatoms. The molecule has 1 fully saturated rings. The molecule has 0 unspecified atom stereocenters. The van der Waals surface area contributed by atoms with Gasteiger partial charge in [0.15, 0.2) is 6.29 Å². The summed E-state index contributed by atoms with van der Waals surface area (Å²) in [6, 6.07) is 5.77. The molecule has 2 rings (SSSR count). The molecule has 1 aromatic rings. The Morgan fingerprint density at radius 2 is 1.95 bits per heavy atom. The van der Waals surface area contributed by atoms with Gasteiger partial charge in [-0.2, -0.15) is 0 Å². The monoisotopic (exact) mass is 260 g/mol. The van der Waals surface area contributed by atoms with Crippen LogP contribution in [0, 0.1) is 6.92 Å². The first-order valence-electron chi connectivity index (χ1n) is 6.47. The molecule has 19 heavy (non-hydrogen) atoms. The summed E-state index contributed by atoms with van der Waals surface area (Å²) in [5.74, 6) is 0.0798. The molecule has 1 aliphatic rings. The van der Waals surface area contributed by atoms with Crippen molar-refractivity contribution in [3.8, 4) is 0 Å². The van der Waals surface area contributed by atoms with Crippen molar-refractivity contribution in [2.45, 2.75) is 26.3 Å². The van der Waals surface area contributed by atoms with Crippen LogP contribution in [0.4, 0.5) is 5.69 Å². The molecule has 102 valence electrons. The number of aldehydes is 1. The smallest absolute Gasteiger partial charge is 0.247 e. The number of likely N-dealkylation sites (N-methyl/N-ethyl adjacent to an activating group) is 1. The highest BCUT2D eigenvalue weighted by atomic mass is 16.2. The Morgan fingerprint density at radius 1 is 1.26 bits per heavy atom. The number of piperazine rings is 1. The molecule has 1 aromatic carbocycles. The van der Waals surface area contributed by atoms with E-state index >= 15 is 0 Å². The van der Waals surface area contributed by atoms with E-state index < -0.39 is 5.54 Å². The quantitative estimate of drug-likeness (QED) is 0.762. The fourth-order valence-corrected chi connectivity index (χ4v) is 2.65. The van der Waals surface area contributed by atoms with Crippen LogP contribution in [0.3, 0.4) is 0 Å². The fraction of sp³-hybridized carbons (Fsp3) is 0.467. The molecule has 1 amide bonds. The molecule has 0 aliphatic carbocycles. The molecule has 0 N–H and O–H groups in total. The lowest BCUT2D eigenvalue weighted by atomic mass is 9.95. The van der Waals surface area contributed by atoms with E-state index in [0.29, 0.717) is 12.1 Å². The lowest BCUT2D eigenvalue weighted by Crippen LogP contribution is -2.62. The van der Waals surface area contributed by atoms with Crippen LogP contribution in [0.5, 0.6) is 0 Å². The predicted molar refractivity (Wildman–Crippen MR) is 75.6 cm³/mol. The number of anilines is 1. The van der Waals surface area contributed by atoms with Gasteiger partial charge >= 0.3 is 0 Å². The summed E-state index contributed by atoms with van der Waals surface area (Å²) in [7, 11) is 1.82. The van der Waals surface area contributed by atoms with Crippen molar-refractivity contribution in [2.75, 3.05) is 25.0 Å². The minimum absolute atomic E-state index is 0.0798. The predicted octanol–water partition coefficient (Wildman–Crippen LogP) is 1.86. The first-order chi connectivity index (χ1) is 8.87. The zero-order valence-electron chi connectivity index (χ0n) is 11.9. The molecule has 0 spiro atoms. The number of benzene rings is 1. The third kappa shape index (κ3) is 2.23. The number of hydrogen-bond donors (Lipinski definition) is 0. The van der Waals surface area contributed by atoms with E-state index in [0.717, 1.165) is 24.1 Å². The third-order valence-electron chi connectivity index (χ3n) is 3.80. The summed E-state index contributed by atoms with van der Waals surface area (Å²) in [6.45, 7) is 7.17. The van der Waals surface area contributed by atoms with E-state index in [1.54, 1.807) is 4.90 Å². The Labute approximate surface area is 114 Å². The van der Waals surface area contributed by atoms with E-state index in [-0.39, 0.29) is 5.91 Å². The van der Waals surface area contributed by atoms with Crippen LogP contribution in [-0.2, 0) is 4.79 Å². The van der Waals surface area contributed by atoms with E-state index in [4.69, 9.17) is 0 Å². The van der Waals surface area contributed by atoms with Crippen LogP contribution in [0.2, 0.25) is 0 Å². The lowest BCUT2D eigenvalue weighted by Gasteiger charge is -2.46. The van der Waals surface area contributed by atoms with Crippen LogP contribution in [0.1, 0.15) is 29.8 Å². The van der Waals surface area contributed by atoms with Gasteiger partial charge in [-0.1, -0.05) is 11.6 Å². The Bertz CT molecular complexity index is 523. The van der Waals surface area contributed by atoms with Crippen molar-refractivity contribution in [3.05, 3.63) is 29.3 Å². The first kappa shape index (κ1) is 13.6. The van der Waals surface area contributed by atoms with Crippen LogP contribution < -0.4 is 4.90 Å². The second-order valence-corrected chi connectivity index (χ2v) is 5.62. The van der Waals surface area contributed by atoms with Gasteiger partial charge in [0.1, 0.15) is 5.54 Å². The average Bonchev–Trinajstić information content (AvgIpc) is 2.37. The van der Waals surface area contributed by atoms with E-state index in [1.807, 2.05) is 50.9 Å². The number of aryl methyl sites for hydroxylation is 1. The third-order valence-corrected chi connectivity index (χ3v) is 3.80. The Balaban J connectivity index is 2.47. The lowest BCUT2D eigenvalue weighted by molar-refractivity contribution is -0.136. The van der Waals surface area contributed by atoms with Gasteiger partial charge in [-0.3, -0.25) is 9.59 Å². The zero-order valence-corrected chi connectivity index (χ0v) is 11.9. The van der Waals surface area contributed by atoms with Crippen molar-refractivity contribution >= 4 is 17.9 Å².